The number of amides is 1. The van der Waals surface area contributed by atoms with Crippen molar-refractivity contribution >= 4 is 44.8 Å². The summed E-state index contributed by atoms with van der Waals surface area (Å²) < 4.78 is 23.8. The summed E-state index contributed by atoms with van der Waals surface area (Å²) in [5.41, 5.74) is 0.335. The Kier molecular flexibility index (Phi) is 5.51. The van der Waals surface area contributed by atoms with E-state index in [1.165, 1.54) is 19.2 Å². The SMILES string of the molecule is COC(=O)c1sccc1NC(=O)COc1ccc(Br)cc1F. The second-order valence-corrected chi connectivity index (χ2v) is 5.90. The molecule has 2 rings (SSSR count). The molecule has 0 saturated heterocycles. The molecule has 0 atom stereocenters. The van der Waals surface area contributed by atoms with Gasteiger partial charge < -0.3 is 14.8 Å². The quantitative estimate of drug-likeness (QED) is 0.797. The number of carbonyl (C=O) groups is 2. The van der Waals surface area contributed by atoms with Crippen LogP contribution in [0, 0.1) is 5.82 Å². The van der Waals surface area contributed by atoms with E-state index in [1.54, 1.807) is 17.5 Å². The van der Waals surface area contributed by atoms with Crippen molar-refractivity contribution in [3.8, 4) is 5.75 Å². The number of hydrogen-bond acceptors (Lipinski definition) is 5. The standard InChI is InChI=1S/C14H11BrFNO4S/c1-20-14(19)13-10(4-5-22-13)17-12(18)7-21-11-3-2-8(15)6-9(11)16/h2-6H,7H2,1H3,(H,17,18). The molecule has 0 bridgehead atoms. The molecule has 0 fully saturated rings. The van der Waals surface area contributed by atoms with Gasteiger partial charge in [-0.05, 0) is 29.6 Å². The summed E-state index contributed by atoms with van der Waals surface area (Å²) in [6.45, 7) is -0.380. The van der Waals surface area contributed by atoms with E-state index in [0.29, 0.717) is 10.2 Å². The van der Waals surface area contributed by atoms with E-state index in [-0.39, 0.29) is 17.2 Å². The molecule has 116 valence electrons. The first-order valence-electron chi connectivity index (χ1n) is 6.04. The number of ether oxygens (including phenoxy) is 2. The number of rotatable bonds is 5. The predicted molar refractivity (Wildman–Crippen MR) is 83.9 cm³/mol. The molecule has 0 aliphatic heterocycles. The van der Waals surface area contributed by atoms with E-state index < -0.39 is 17.7 Å². The first kappa shape index (κ1) is 16.4. The molecule has 5 nitrogen and oxygen atoms in total. The second kappa shape index (κ2) is 7.37. The van der Waals surface area contributed by atoms with Crippen molar-refractivity contribution in [3.63, 3.8) is 0 Å². The Labute approximate surface area is 138 Å². The summed E-state index contributed by atoms with van der Waals surface area (Å²) >= 11 is 4.27. The highest BCUT2D eigenvalue weighted by molar-refractivity contribution is 9.10. The molecule has 22 heavy (non-hydrogen) atoms. The maximum Gasteiger partial charge on any atom is 0.350 e. The lowest BCUT2D eigenvalue weighted by molar-refractivity contribution is -0.118. The maximum atomic E-state index is 13.5. The van der Waals surface area contributed by atoms with Crippen molar-refractivity contribution in [1.82, 2.24) is 0 Å². The number of nitrogens with one attached hydrogen (secondary N) is 1. The summed E-state index contributed by atoms with van der Waals surface area (Å²) in [4.78, 5) is 23.6. The van der Waals surface area contributed by atoms with Crippen LogP contribution >= 0.6 is 27.3 Å². The number of hydrogen-bond donors (Lipinski definition) is 1. The zero-order chi connectivity index (χ0) is 16.1. The summed E-state index contributed by atoms with van der Waals surface area (Å²) in [5, 5.41) is 4.17. The Hall–Kier alpha value is -1.93. The molecule has 0 aliphatic rings. The van der Waals surface area contributed by atoms with Gasteiger partial charge in [0.1, 0.15) is 4.88 Å². The monoisotopic (exact) mass is 387 g/mol. The van der Waals surface area contributed by atoms with Crippen LogP contribution in [-0.4, -0.2) is 25.6 Å². The highest BCUT2D eigenvalue weighted by atomic mass is 79.9. The van der Waals surface area contributed by atoms with Crippen LogP contribution in [0.1, 0.15) is 9.67 Å². The van der Waals surface area contributed by atoms with Crippen LogP contribution in [-0.2, 0) is 9.53 Å². The molecule has 1 aromatic carbocycles. The average molecular weight is 388 g/mol. The topological polar surface area (TPSA) is 64.6 Å². The van der Waals surface area contributed by atoms with Gasteiger partial charge in [-0.15, -0.1) is 11.3 Å². The first-order valence-corrected chi connectivity index (χ1v) is 7.72. The number of carbonyl (C=O) groups excluding carboxylic acids is 2. The van der Waals surface area contributed by atoms with Crippen LogP contribution < -0.4 is 10.1 Å². The van der Waals surface area contributed by atoms with Gasteiger partial charge in [-0.25, -0.2) is 9.18 Å². The van der Waals surface area contributed by atoms with Crippen molar-refractivity contribution in [1.29, 1.82) is 0 Å². The summed E-state index contributed by atoms with van der Waals surface area (Å²) in [6, 6.07) is 5.83. The molecule has 2 aromatic rings. The lowest BCUT2D eigenvalue weighted by Gasteiger charge is -2.08. The minimum Gasteiger partial charge on any atom is -0.481 e. The van der Waals surface area contributed by atoms with Crippen molar-refractivity contribution < 1.29 is 23.5 Å². The van der Waals surface area contributed by atoms with Crippen molar-refractivity contribution in [2.24, 2.45) is 0 Å². The normalized spacial score (nSPS) is 10.1. The molecule has 1 aromatic heterocycles. The van der Waals surface area contributed by atoms with Crippen LogP contribution in [0.25, 0.3) is 0 Å². The van der Waals surface area contributed by atoms with E-state index in [9.17, 15) is 14.0 Å². The third kappa shape index (κ3) is 4.05. The van der Waals surface area contributed by atoms with Crippen LogP contribution in [0.2, 0.25) is 0 Å². The number of benzene rings is 1. The zero-order valence-electron chi connectivity index (χ0n) is 11.4. The smallest absolute Gasteiger partial charge is 0.350 e. The number of methoxy groups -OCH3 is 1. The van der Waals surface area contributed by atoms with E-state index in [4.69, 9.17) is 4.74 Å². The van der Waals surface area contributed by atoms with Crippen LogP contribution in [0.4, 0.5) is 10.1 Å². The molecule has 1 heterocycles. The van der Waals surface area contributed by atoms with Gasteiger partial charge in [0.25, 0.3) is 5.91 Å². The Morgan fingerprint density at radius 2 is 2.14 bits per heavy atom. The van der Waals surface area contributed by atoms with Crippen molar-refractivity contribution in [2.75, 3.05) is 19.0 Å². The van der Waals surface area contributed by atoms with Crippen molar-refractivity contribution in [2.45, 2.75) is 0 Å². The van der Waals surface area contributed by atoms with Crippen LogP contribution in [0.15, 0.2) is 34.1 Å². The lowest BCUT2D eigenvalue weighted by atomic mass is 10.3. The summed E-state index contributed by atoms with van der Waals surface area (Å²) in [5.74, 6) is -1.65. The van der Waals surface area contributed by atoms with Gasteiger partial charge in [-0.1, -0.05) is 15.9 Å². The molecule has 0 aliphatic carbocycles. The Bertz CT molecular complexity index is 704. The third-order valence-corrected chi connectivity index (χ3v) is 3.95. The minimum absolute atomic E-state index is 0.0307. The summed E-state index contributed by atoms with van der Waals surface area (Å²) in [6.07, 6.45) is 0. The zero-order valence-corrected chi connectivity index (χ0v) is 13.8. The number of anilines is 1. The molecular weight excluding hydrogens is 377 g/mol. The van der Waals surface area contributed by atoms with Gasteiger partial charge in [0.15, 0.2) is 18.2 Å². The van der Waals surface area contributed by atoms with E-state index in [2.05, 4.69) is 26.0 Å². The highest BCUT2D eigenvalue weighted by Crippen LogP contribution is 2.24. The fourth-order valence-corrected chi connectivity index (χ4v) is 2.68. The third-order valence-electron chi connectivity index (χ3n) is 2.56. The molecule has 0 spiro atoms. The maximum absolute atomic E-state index is 13.5. The molecule has 0 saturated carbocycles. The van der Waals surface area contributed by atoms with Gasteiger partial charge in [0.05, 0.1) is 12.8 Å². The highest BCUT2D eigenvalue weighted by Gasteiger charge is 2.16. The van der Waals surface area contributed by atoms with Gasteiger partial charge in [0.2, 0.25) is 0 Å². The van der Waals surface area contributed by atoms with Crippen LogP contribution in [0.3, 0.4) is 0 Å². The lowest BCUT2D eigenvalue weighted by Crippen LogP contribution is -2.21. The molecular formula is C14H11BrFNO4S. The van der Waals surface area contributed by atoms with Gasteiger partial charge in [-0.3, -0.25) is 4.79 Å². The fraction of sp³-hybridized carbons (Fsp3) is 0.143. The van der Waals surface area contributed by atoms with E-state index in [1.807, 2.05) is 0 Å². The molecule has 1 amide bonds. The average Bonchev–Trinajstić information content (AvgIpc) is 2.93. The predicted octanol–water partition coefficient (Wildman–Crippen LogP) is 3.45. The molecule has 0 radical (unpaired) electrons. The first-order chi connectivity index (χ1) is 10.5. The van der Waals surface area contributed by atoms with Gasteiger partial charge in [-0.2, -0.15) is 0 Å². The number of halogens is 2. The van der Waals surface area contributed by atoms with Gasteiger partial charge >= 0.3 is 5.97 Å². The minimum atomic E-state index is -0.576. The number of thiophene rings is 1. The fourth-order valence-electron chi connectivity index (χ4n) is 1.58. The van der Waals surface area contributed by atoms with E-state index >= 15 is 0 Å². The molecule has 0 unspecified atom stereocenters. The second-order valence-electron chi connectivity index (χ2n) is 4.07. The van der Waals surface area contributed by atoms with E-state index in [0.717, 1.165) is 11.3 Å². The summed E-state index contributed by atoms with van der Waals surface area (Å²) in [7, 11) is 1.26. The van der Waals surface area contributed by atoms with Crippen LogP contribution in [0.5, 0.6) is 5.75 Å². The Morgan fingerprint density at radius 1 is 1.36 bits per heavy atom. The molecule has 8 heteroatoms. The molecule has 1 N–H and O–H groups in total. The Balaban J connectivity index is 1.96. The largest absolute Gasteiger partial charge is 0.481 e. The Morgan fingerprint density at radius 3 is 2.82 bits per heavy atom. The number of esters is 1. The van der Waals surface area contributed by atoms with Crippen molar-refractivity contribution in [3.05, 3.63) is 44.8 Å². The van der Waals surface area contributed by atoms with Gasteiger partial charge in [0, 0.05) is 4.47 Å².